The van der Waals surface area contributed by atoms with E-state index in [0.717, 1.165) is 17.0 Å². The zero-order valence-corrected chi connectivity index (χ0v) is 11.5. The van der Waals surface area contributed by atoms with E-state index >= 15 is 0 Å². The van der Waals surface area contributed by atoms with Gasteiger partial charge in [0.2, 0.25) is 11.8 Å². The Bertz CT molecular complexity index is 616. The molecule has 0 bridgehead atoms. The number of hydrogen-bond donors (Lipinski definition) is 1. The molecule has 1 N–H and O–H groups in total. The van der Waals surface area contributed by atoms with E-state index in [-0.39, 0.29) is 18.0 Å². The molecule has 1 heterocycles. The quantitative estimate of drug-likeness (QED) is 0.865. The lowest BCUT2D eigenvalue weighted by atomic mass is 9.92. The minimum absolute atomic E-state index is 0.224. The maximum absolute atomic E-state index is 13.2. The molecule has 0 aromatic heterocycles. The summed E-state index contributed by atoms with van der Waals surface area (Å²) in [5.41, 5.74) is 0.259. The first-order valence-corrected chi connectivity index (χ1v) is 6.41. The van der Waals surface area contributed by atoms with Crippen molar-refractivity contribution in [3.8, 4) is 0 Å². The van der Waals surface area contributed by atoms with Crippen LogP contribution in [0.5, 0.6) is 0 Å². The summed E-state index contributed by atoms with van der Waals surface area (Å²) in [5.74, 6) is -4.59. The number of barbiturate groups is 1. The fourth-order valence-electron chi connectivity index (χ4n) is 2.19. The van der Waals surface area contributed by atoms with Crippen molar-refractivity contribution in [1.29, 1.82) is 0 Å². The highest BCUT2D eigenvalue weighted by atomic mass is 19.2. The molecule has 5 nitrogen and oxygen atoms in total. The van der Waals surface area contributed by atoms with Gasteiger partial charge in [-0.25, -0.2) is 13.6 Å². The second-order valence-electron chi connectivity index (χ2n) is 5.19. The van der Waals surface area contributed by atoms with Gasteiger partial charge in [0.25, 0.3) is 0 Å². The molecule has 0 aliphatic carbocycles. The minimum atomic E-state index is -1.06. The smallest absolute Gasteiger partial charge is 0.277 e. The van der Waals surface area contributed by atoms with E-state index in [0.29, 0.717) is 0 Å². The molecular formula is C14H14F2N2O3. The molecule has 1 aromatic carbocycles. The van der Waals surface area contributed by atoms with Crippen LogP contribution in [0.4, 0.5) is 13.6 Å². The van der Waals surface area contributed by atoms with Crippen molar-refractivity contribution in [2.75, 3.05) is 0 Å². The SMILES string of the molecule is CC(C)C1C(=O)NC(=O)N(Cc2ccc(F)c(F)c2)C1=O. The molecule has 4 amide bonds. The largest absolute Gasteiger partial charge is 0.331 e. The zero-order chi connectivity index (χ0) is 15.7. The van der Waals surface area contributed by atoms with Crippen LogP contribution in [0, 0.1) is 23.5 Å². The van der Waals surface area contributed by atoms with Gasteiger partial charge in [0.1, 0.15) is 5.92 Å². The molecule has 1 aliphatic rings. The lowest BCUT2D eigenvalue weighted by Crippen LogP contribution is -2.58. The van der Waals surface area contributed by atoms with Crippen LogP contribution in [0.2, 0.25) is 0 Å². The predicted molar refractivity (Wildman–Crippen MR) is 68.8 cm³/mol. The molecule has 1 atom stereocenters. The molecule has 0 radical (unpaired) electrons. The molecular weight excluding hydrogens is 282 g/mol. The van der Waals surface area contributed by atoms with E-state index in [9.17, 15) is 23.2 Å². The van der Waals surface area contributed by atoms with Crippen LogP contribution in [0.3, 0.4) is 0 Å². The number of halogens is 2. The van der Waals surface area contributed by atoms with Crippen LogP contribution in [0.15, 0.2) is 18.2 Å². The van der Waals surface area contributed by atoms with Crippen molar-refractivity contribution >= 4 is 17.8 Å². The van der Waals surface area contributed by atoms with Gasteiger partial charge in [-0.15, -0.1) is 0 Å². The van der Waals surface area contributed by atoms with Gasteiger partial charge in [-0.2, -0.15) is 0 Å². The summed E-state index contributed by atoms with van der Waals surface area (Å²) in [6, 6.07) is 2.25. The molecule has 2 rings (SSSR count). The third-order valence-corrected chi connectivity index (χ3v) is 3.28. The molecule has 0 spiro atoms. The van der Waals surface area contributed by atoms with E-state index in [1.54, 1.807) is 13.8 Å². The standard InChI is InChI=1S/C14H14F2N2O3/c1-7(2)11-12(19)17-14(21)18(13(11)20)6-8-3-4-9(15)10(16)5-8/h3-5,7,11H,6H2,1-2H3,(H,17,19,21). The Kier molecular flexibility index (Phi) is 4.02. The highest BCUT2D eigenvalue weighted by Gasteiger charge is 2.41. The first-order valence-electron chi connectivity index (χ1n) is 6.41. The summed E-state index contributed by atoms with van der Waals surface area (Å²) in [6.07, 6.45) is 0. The number of rotatable bonds is 3. The summed E-state index contributed by atoms with van der Waals surface area (Å²) in [6.45, 7) is 3.15. The minimum Gasteiger partial charge on any atom is -0.277 e. The normalized spacial score (nSPS) is 19.2. The number of benzene rings is 1. The monoisotopic (exact) mass is 296 g/mol. The van der Waals surface area contributed by atoms with Crippen LogP contribution in [0.25, 0.3) is 0 Å². The molecule has 1 aromatic rings. The average Bonchev–Trinajstić information content (AvgIpc) is 2.38. The third kappa shape index (κ3) is 2.91. The second kappa shape index (κ2) is 5.59. The van der Waals surface area contributed by atoms with Gasteiger partial charge < -0.3 is 0 Å². The van der Waals surface area contributed by atoms with Crippen molar-refractivity contribution in [3.63, 3.8) is 0 Å². The van der Waals surface area contributed by atoms with Crippen LogP contribution >= 0.6 is 0 Å². The fraction of sp³-hybridized carbons (Fsp3) is 0.357. The maximum atomic E-state index is 13.2. The molecule has 1 unspecified atom stereocenters. The van der Waals surface area contributed by atoms with E-state index in [1.165, 1.54) is 6.07 Å². The van der Waals surface area contributed by atoms with Gasteiger partial charge in [-0.3, -0.25) is 19.8 Å². The molecule has 0 saturated carbocycles. The summed E-state index contributed by atoms with van der Waals surface area (Å²) in [7, 11) is 0. The Balaban J connectivity index is 2.25. The van der Waals surface area contributed by atoms with Crippen molar-refractivity contribution in [2.24, 2.45) is 11.8 Å². The van der Waals surface area contributed by atoms with Crippen LogP contribution in [0.1, 0.15) is 19.4 Å². The number of carbonyl (C=O) groups excluding carboxylic acids is 3. The molecule has 1 saturated heterocycles. The summed E-state index contributed by atoms with van der Waals surface area (Å²) >= 11 is 0. The number of nitrogens with one attached hydrogen (secondary N) is 1. The number of imide groups is 2. The molecule has 21 heavy (non-hydrogen) atoms. The third-order valence-electron chi connectivity index (χ3n) is 3.28. The summed E-state index contributed by atoms with van der Waals surface area (Å²) in [4.78, 5) is 36.5. The number of carbonyl (C=O) groups is 3. The van der Waals surface area contributed by atoms with E-state index in [2.05, 4.69) is 5.32 Å². The van der Waals surface area contributed by atoms with Crippen LogP contribution < -0.4 is 5.32 Å². The Morgan fingerprint density at radius 3 is 2.43 bits per heavy atom. The van der Waals surface area contributed by atoms with E-state index in [1.807, 2.05) is 0 Å². The van der Waals surface area contributed by atoms with E-state index in [4.69, 9.17) is 0 Å². The van der Waals surface area contributed by atoms with Gasteiger partial charge in [0.05, 0.1) is 6.54 Å². The van der Waals surface area contributed by atoms with Crippen molar-refractivity contribution in [1.82, 2.24) is 10.2 Å². The first-order chi connectivity index (χ1) is 9.81. The number of amides is 4. The zero-order valence-electron chi connectivity index (χ0n) is 11.5. The Morgan fingerprint density at radius 1 is 1.19 bits per heavy atom. The van der Waals surface area contributed by atoms with Gasteiger partial charge in [0, 0.05) is 0 Å². The van der Waals surface area contributed by atoms with Crippen molar-refractivity contribution in [3.05, 3.63) is 35.4 Å². The highest BCUT2D eigenvalue weighted by molar-refractivity contribution is 6.16. The Morgan fingerprint density at radius 2 is 1.86 bits per heavy atom. The predicted octanol–water partition coefficient (Wildman–Crippen LogP) is 1.82. The number of hydrogen-bond acceptors (Lipinski definition) is 3. The average molecular weight is 296 g/mol. The van der Waals surface area contributed by atoms with Gasteiger partial charge >= 0.3 is 6.03 Å². The Hall–Kier alpha value is -2.31. The molecule has 1 aliphatic heterocycles. The van der Waals surface area contributed by atoms with Crippen molar-refractivity contribution in [2.45, 2.75) is 20.4 Å². The van der Waals surface area contributed by atoms with Gasteiger partial charge in [-0.05, 0) is 23.6 Å². The molecule has 7 heteroatoms. The van der Waals surface area contributed by atoms with Crippen LogP contribution in [-0.2, 0) is 16.1 Å². The fourth-order valence-corrected chi connectivity index (χ4v) is 2.19. The lowest BCUT2D eigenvalue weighted by Gasteiger charge is -2.31. The lowest BCUT2D eigenvalue weighted by molar-refractivity contribution is -0.144. The van der Waals surface area contributed by atoms with Gasteiger partial charge in [0.15, 0.2) is 11.6 Å². The maximum Gasteiger partial charge on any atom is 0.331 e. The highest BCUT2D eigenvalue weighted by Crippen LogP contribution is 2.21. The van der Waals surface area contributed by atoms with Gasteiger partial charge in [-0.1, -0.05) is 19.9 Å². The number of urea groups is 1. The second-order valence-corrected chi connectivity index (χ2v) is 5.19. The van der Waals surface area contributed by atoms with E-state index < -0.39 is 35.4 Å². The number of nitrogens with zero attached hydrogens (tertiary/aromatic N) is 1. The van der Waals surface area contributed by atoms with Crippen molar-refractivity contribution < 1.29 is 23.2 Å². The molecule has 112 valence electrons. The van der Waals surface area contributed by atoms with Crippen LogP contribution in [-0.4, -0.2) is 22.7 Å². The Labute approximate surface area is 119 Å². The summed E-state index contributed by atoms with van der Waals surface area (Å²) in [5, 5.41) is 2.10. The first kappa shape index (κ1) is 15.1. The summed E-state index contributed by atoms with van der Waals surface area (Å²) < 4.78 is 26.0. The topological polar surface area (TPSA) is 66.5 Å². The molecule has 1 fully saturated rings.